The summed E-state index contributed by atoms with van der Waals surface area (Å²) in [6.07, 6.45) is 0. The Hall–Kier alpha value is -1.19. The van der Waals surface area contributed by atoms with E-state index < -0.39 is 5.41 Å². The fraction of sp³-hybridized carbons (Fsp3) is 0.667. The smallest absolute Gasteiger partial charge is 0.139 e. The zero-order valence-electron chi connectivity index (χ0n) is 16.9. The highest BCUT2D eigenvalue weighted by Gasteiger charge is 2.31. The SMILES string of the molecule is CC(=O)C(C)(C)c1cc(C(C)C(C)(C)N)cc(C(C)C(C)(C)N)c1. The van der Waals surface area contributed by atoms with Crippen LogP contribution in [0.1, 0.15) is 90.8 Å². The first kappa shape index (κ1) is 20.9. The predicted molar refractivity (Wildman–Crippen MR) is 104 cm³/mol. The van der Waals surface area contributed by atoms with Gasteiger partial charge in [-0.3, -0.25) is 4.79 Å². The minimum atomic E-state index is -0.526. The number of rotatable bonds is 6. The molecule has 2 unspecified atom stereocenters. The standard InChI is InChI=1S/C21H36N2O/c1-13(20(6,7)22)16-10-17(14(2)21(8,9)23)12-18(11-16)19(4,5)15(3)24/h10-14H,22-23H2,1-9H3. The van der Waals surface area contributed by atoms with E-state index in [0.717, 1.165) is 5.56 Å². The van der Waals surface area contributed by atoms with Gasteiger partial charge in [0.1, 0.15) is 5.78 Å². The first-order chi connectivity index (χ1) is 10.6. The Morgan fingerprint density at radius 2 is 1.17 bits per heavy atom. The zero-order valence-corrected chi connectivity index (χ0v) is 16.9. The van der Waals surface area contributed by atoms with Gasteiger partial charge in [-0.05, 0) is 77.0 Å². The van der Waals surface area contributed by atoms with Crippen LogP contribution in [-0.2, 0) is 10.2 Å². The molecule has 2 atom stereocenters. The molecule has 0 aliphatic heterocycles. The minimum absolute atomic E-state index is 0.157. The summed E-state index contributed by atoms with van der Waals surface area (Å²) in [5.41, 5.74) is 14.9. The summed E-state index contributed by atoms with van der Waals surface area (Å²) in [6.45, 7) is 18.0. The van der Waals surface area contributed by atoms with Gasteiger partial charge >= 0.3 is 0 Å². The van der Waals surface area contributed by atoms with Crippen molar-refractivity contribution >= 4 is 5.78 Å². The molecule has 0 aromatic heterocycles. The van der Waals surface area contributed by atoms with Gasteiger partial charge in [-0.1, -0.05) is 32.0 Å². The van der Waals surface area contributed by atoms with Crippen LogP contribution in [0.4, 0.5) is 0 Å². The monoisotopic (exact) mass is 332 g/mol. The Morgan fingerprint density at radius 3 is 1.42 bits per heavy atom. The summed E-state index contributed by atoms with van der Waals surface area (Å²) in [5.74, 6) is 0.504. The first-order valence-corrected chi connectivity index (χ1v) is 8.82. The highest BCUT2D eigenvalue weighted by Crippen LogP contribution is 2.36. The van der Waals surface area contributed by atoms with Crippen molar-refractivity contribution in [3.8, 4) is 0 Å². The summed E-state index contributed by atoms with van der Waals surface area (Å²) in [4.78, 5) is 12.2. The third-order valence-electron chi connectivity index (χ3n) is 5.81. The van der Waals surface area contributed by atoms with Gasteiger partial charge in [-0.2, -0.15) is 0 Å². The highest BCUT2D eigenvalue weighted by atomic mass is 16.1. The number of carbonyl (C=O) groups is 1. The minimum Gasteiger partial charge on any atom is -0.325 e. The lowest BCUT2D eigenvalue weighted by atomic mass is 9.74. The van der Waals surface area contributed by atoms with Crippen LogP contribution in [0.2, 0.25) is 0 Å². The number of ketones is 1. The second-order valence-corrected chi connectivity index (χ2v) is 9.16. The Labute approximate surface area is 148 Å². The zero-order chi connectivity index (χ0) is 19.1. The van der Waals surface area contributed by atoms with E-state index in [0.29, 0.717) is 0 Å². The predicted octanol–water partition coefficient (Wildman–Crippen LogP) is 4.23. The van der Waals surface area contributed by atoms with Crippen molar-refractivity contribution in [3.05, 3.63) is 34.9 Å². The van der Waals surface area contributed by atoms with E-state index in [-0.39, 0.29) is 28.7 Å². The molecule has 1 rings (SSSR count). The van der Waals surface area contributed by atoms with Gasteiger partial charge in [-0.25, -0.2) is 0 Å². The molecule has 0 saturated heterocycles. The number of nitrogens with two attached hydrogens (primary N) is 2. The molecule has 1 aromatic carbocycles. The van der Waals surface area contributed by atoms with Gasteiger partial charge in [-0.15, -0.1) is 0 Å². The van der Waals surface area contributed by atoms with Gasteiger partial charge in [0.25, 0.3) is 0 Å². The molecule has 24 heavy (non-hydrogen) atoms. The van der Waals surface area contributed by atoms with E-state index in [1.807, 2.05) is 41.5 Å². The molecule has 0 bridgehead atoms. The summed E-state index contributed by atoms with van der Waals surface area (Å²) in [6, 6.07) is 6.49. The molecule has 0 spiro atoms. The number of Topliss-reactive ketones (excluding diaryl/α,β-unsaturated/α-hetero) is 1. The number of hydrogen-bond donors (Lipinski definition) is 2. The number of benzene rings is 1. The quantitative estimate of drug-likeness (QED) is 0.819. The molecular weight excluding hydrogens is 296 g/mol. The Bertz CT molecular complexity index is 565. The fourth-order valence-corrected chi connectivity index (χ4v) is 2.60. The first-order valence-electron chi connectivity index (χ1n) is 8.82. The Morgan fingerprint density at radius 1 is 0.833 bits per heavy atom. The Balaban J connectivity index is 3.60. The highest BCUT2D eigenvalue weighted by molar-refractivity contribution is 5.87. The molecule has 136 valence electrons. The fourth-order valence-electron chi connectivity index (χ4n) is 2.60. The molecule has 0 aliphatic rings. The van der Waals surface area contributed by atoms with Crippen LogP contribution >= 0.6 is 0 Å². The lowest BCUT2D eigenvalue weighted by Gasteiger charge is -2.33. The van der Waals surface area contributed by atoms with E-state index in [2.05, 4.69) is 32.0 Å². The van der Waals surface area contributed by atoms with E-state index >= 15 is 0 Å². The van der Waals surface area contributed by atoms with Gasteiger partial charge in [0, 0.05) is 16.5 Å². The average molecular weight is 333 g/mol. The van der Waals surface area contributed by atoms with E-state index in [9.17, 15) is 4.79 Å². The van der Waals surface area contributed by atoms with Gasteiger partial charge in [0.2, 0.25) is 0 Å². The molecule has 1 aromatic rings. The van der Waals surface area contributed by atoms with Gasteiger partial charge < -0.3 is 11.5 Å². The van der Waals surface area contributed by atoms with Crippen molar-refractivity contribution in [1.82, 2.24) is 0 Å². The second-order valence-electron chi connectivity index (χ2n) is 9.16. The molecule has 3 heteroatoms. The van der Waals surface area contributed by atoms with Crippen molar-refractivity contribution in [3.63, 3.8) is 0 Å². The molecule has 0 amide bonds. The van der Waals surface area contributed by atoms with Crippen LogP contribution in [0.15, 0.2) is 18.2 Å². The number of hydrogen-bond acceptors (Lipinski definition) is 3. The molecule has 0 saturated carbocycles. The van der Waals surface area contributed by atoms with Crippen LogP contribution < -0.4 is 11.5 Å². The van der Waals surface area contributed by atoms with Crippen molar-refractivity contribution in [2.45, 2.75) is 90.6 Å². The van der Waals surface area contributed by atoms with E-state index in [4.69, 9.17) is 11.5 Å². The maximum absolute atomic E-state index is 12.2. The van der Waals surface area contributed by atoms with E-state index in [1.165, 1.54) is 11.1 Å². The molecule has 0 heterocycles. The maximum Gasteiger partial charge on any atom is 0.139 e. The second kappa shape index (κ2) is 6.61. The summed E-state index contributed by atoms with van der Waals surface area (Å²) in [5, 5.41) is 0. The molecule has 0 aliphatic carbocycles. The van der Waals surface area contributed by atoms with E-state index in [1.54, 1.807) is 6.92 Å². The van der Waals surface area contributed by atoms with Crippen LogP contribution in [-0.4, -0.2) is 16.9 Å². The average Bonchev–Trinajstić information content (AvgIpc) is 2.42. The Kier molecular flexibility index (Phi) is 5.74. The lowest BCUT2D eigenvalue weighted by Crippen LogP contribution is -2.39. The molecule has 0 fully saturated rings. The third-order valence-corrected chi connectivity index (χ3v) is 5.81. The van der Waals surface area contributed by atoms with Crippen LogP contribution in [0.5, 0.6) is 0 Å². The molecule has 0 radical (unpaired) electrons. The number of carbonyl (C=O) groups excluding carboxylic acids is 1. The lowest BCUT2D eigenvalue weighted by molar-refractivity contribution is -0.121. The molecule has 4 N–H and O–H groups in total. The van der Waals surface area contributed by atoms with Crippen molar-refractivity contribution in [2.75, 3.05) is 0 Å². The maximum atomic E-state index is 12.2. The topological polar surface area (TPSA) is 69.1 Å². The van der Waals surface area contributed by atoms with Crippen LogP contribution in [0.25, 0.3) is 0 Å². The van der Waals surface area contributed by atoms with Crippen LogP contribution in [0, 0.1) is 0 Å². The summed E-state index contributed by atoms with van der Waals surface area (Å²) < 4.78 is 0. The summed E-state index contributed by atoms with van der Waals surface area (Å²) >= 11 is 0. The molecule has 3 nitrogen and oxygen atoms in total. The van der Waals surface area contributed by atoms with Crippen molar-refractivity contribution in [2.24, 2.45) is 11.5 Å². The van der Waals surface area contributed by atoms with Crippen molar-refractivity contribution in [1.29, 1.82) is 0 Å². The van der Waals surface area contributed by atoms with Crippen molar-refractivity contribution < 1.29 is 4.79 Å². The van der Waals surface area contributed by atoms with Crippen LogP contribution in [0.3, 0.4) is 0 Å². The largest absolute Gasteiger partial charge is 0.325 e. The van der Waals surface area contributed by atoms with Gasteiger partial charge in [0.15, 0.2) is 0 Å². The third kappa shape index (κ3) is 4.46. The van der Waals surface area contributed by atoms with Gasteiger partial charge in [0.05, 0.1) is 0 Å². The molecular formula is C21H36N2O. The normalized spacial score (nSPS) is 16.0. The summed E-state index contributed by atoms with van der Waals surface area (Å²) in [7, 11) is 0.